The van der Waals surface area contributed by atoms with Crippen LogP contribution in [0.4, 0.5) is 16.3 Å². The zero-order valence-electron chi connectivity index (χ0n) is 26.1. The number of benzene rings is 2. The number of carbonyl (C=O) groups excluding carboxylic acids is 1. The number of nitrogen functional groups attached to an aromatic ring is 1. The highest BCUT2D eigenvalue weighted by Crippen LogP contribution is 2.31. The molecule has 1 aliphatic heterocycles. The van der Waals surface area contributed by atoms with E-state index in [1.165, 1.54) is 24.0 Å². The number of fused-ring (bicyclic) bond motifs is 1. The summed E-state index contributed by atoms with van der Waals surface area (Å²) < 4.78 is 13.6. The van der Waals surface area contributed by atoms with Gasteiger partial charge in [0.25, 0.3) is 5.69 Å². The molecule has 5 rings (SSSR count). The maximum atomic E-state index is 12.3. The van der Waals surface area contributed by atoms with Crippen LogP contribution >= 0.6 is 0 Å². The van der Waals surface area contributed by atoms with Gasteiger partial charge in [-0.25, -0.2) is 19.7 Å². The van der Waals surface area contributed by atoms with Crippen molar-refractivity contribution < 1.29 is 19.2 Å². The van der Waals surface area contributed by atoms with Gasteiger partial charge in [0.2, 0.25) is 0 Å². The summed E-state index contributed by atoms with van der Waals surface area (Å²) in [6.07, 6.45) is 4.75. The number of hydrogen-bond donors (Lipinski definition) is 4. The molecule has 0 saturated carbocycles. The van der Waals surface area contributed by atoms with Crippen molar-refractivity contribution in [2.45, 2.75) is 44.7 Å². The van der Waals surface area contributed by atoms with E-state index in [0.717, 1.165) is 31.8 Å². The van der Waals surface area contributed by atoms with Gasteiger partial charge in [-0.3, -0.25) is 19.6 Å². The average Bonchev–Trinajstić information content (AvgIpc) is 3.73. The molecular formula is C32H40N10O5. The summed E-state index contributed by atoms with van der Waals surface area (Å²) in [7, 11) is 0. The highest BCUT2D eigenvalue weighted by Gasteiger charge is 2.29. The molecule has 1 aliphatic rings. The minimum absolute atomic E-state index is 0.00402. The summed E-state index contributed by atoms with van der Waals surface area (Å²) in [4.78, 5) is 37.7. The molecule has 2 unspecified atom stereocenters. The SMILES string of the molecule is C=C(NCCN(CCCNC(=O)OCc1ccc([N+](=O)[O-])cc1)CC1CCC(n2cnc3c(N)ncnc32)O1)NCc1ccccc1. The normalized spacial score (nSPS) is 15.9. The van der Waals surface area contributed by atoms with Crippen molar-refractivity contribution in [2.75, 3.05) is 38.5 Å². The molecule has 2 atom stereocenters. The second-order valence-corrected chi connectivity index (χ2v) is 11.2. The Hall–Kier alpha value is -5.28. The molecule has 15 heteroatoms. The Labute approximate surface area is 272 Å². The third-order valence-corrected chi connectivity index (χ3v) is 7.80. The minimum atomic E-state index is -0.545. The molecule has 1 fully saturated rings. The number of rotatable bonds is 17. The number of ether oxygens (including phenoxy) is 2. The van der Waals surface area contributed by atoms with Crippen LogP contribution in [0.1, 0.15) is 36.6 Å². The van der Waals surface area contributed by atoms with Crippen LogP contribution in [0.25, 0.3) is 11.2 Å². The van der Waals surface area contributed by atoms with Gasteiger partial charge in [0.15, 0.2) is 11.5 Å². The van der Waals surface area contributed by atoms with E-state index in [1.807, 2.05) is 22.8 Å². The number of amides is 1. The molecule has 2 aromatic heterocycles. The third kappa shape index (κ3) is 9.61. The lowest BCUT2D eigenvalue weighted by Gasteiger charge is -2.26. The molecule has 0 radical (unpaired) electrons. The number of nitrogens with two attached hydrogens (primary N) is 1. The van der Waals surface area contributed by atoms with Crippen LogP contribution in [0, 0.1) is 10.1 Å². The lowest BCUT2D eigenvalue weighted by Crippen LogP contribution is -2.40. The van der Waals surface area contributed by atoms with Crippen molar-refractivity contribution >= 4 is 28.8 Å². The topological polar surface area (TPSA) is 188 Å². The zero-order chi connectivity index (χ0) is 33.0. The van der Waals surface area contributed by atoms with Gasteiger partial charge in [0.05, 0.1) is 23.2 Å². The Morgan fingerprint density at radius 2 is 1.85 bits per heavy atom. The summed E-state index contributed by atoms with van der Waals surface area (Å²) in [6, 6.07) is 16.0. The lowest BCUT2D eigenvalue weighted by atomic mass is 10.2. The van der Waals surface area contributed by atoms with Gasteiger partial charge in [-0.15, -0.1) is 0 Å². The Morgan fingerprint density at radius 1 is 1.04 bits per heavy atom. The summed E-state index contributed by atoms with van der Waals surface area (Å²) in [5, 5.41) is 20.3. The molecule has 0 spiro atoms. The Balaban J connectivity index is 1.09. The standard InChI is InChI=1S/C32H40N10O5/c1-23(36-18-24-6-3-2-4-7-24)34-15-17-40(16-5-14-35-32(43)46-20-25-8-10-26(11-9-25)42(44)45)19-27-12-13-28(47-27)41-22-39-29-30(33)37-21-38-31(29)41/h2-4,6-11,21-22,27-28,34,36H,1,5,12-20H2,(H,35,43)(H2,33,37,38). The highest BCUT2D eigenvalue weighted by atomic mass is 16.6. The van der Waals surface area contributed by atoms with Crippen molar-refractivity contribution in [3.8, 4) is 0 Å². The van der Waals surface area contributed by atoms with Gasteiger partial charge in [-0.2, -0.15) is 0 Å². The van der Waals surface area contributed by atoms with E-state index in [4.69, 9.17) is 15.2 Å². The molecular weight excluding hydrogens is 604 g/mol. The third-order valence-electron chi connectivity index (χ3n) is 7.80. The lowest BCUT2D eigenvalue weighted by molar-refractivity contribution is -0.384. The summed E-state index contributed by atoms with van der Waals surface area (Å²) >= 11 is 0. The number of nitro benzene ring substituents is 1. The fourth-order valence-corrected chi connectivity index (χ4v) is 5.33. The molecule has 15 nitrogen and oxygen atoms in total. The molecule has 1 saturated heterocycles. The van der Waals surface area contributed by atoms with Crippen molar-refractivity contribution in [3.05, 3.63) is 101 Å². The first-order chi connectivity index (χ1) is 22.9. The minimum Gasteiger partial charge on any atom is -0.445 e. The molecule has 4 aromatic rings. The Bertz CT molecular complexity index is 1630. The summed E-state index contributed by atoms with van der Waals surface area (Å²) in [5.74, 6) is 1.09. The quantitative estimate of drug-likeness (QED) is 0.0746. The second kappa shape index (κ2) is 16.3. The number of anilines is 1. The Kier molecular flexibility index (Phi) is 11.5. The largest absolute Gasteiger partial charge is 0.445 e. The van der Waals surface area contributed by atoms with Crippen molar-refractivity contribution in [1.29, 1.82) is 0 Å². The van der Waals surface area contributed by atoms with Gasteiger partial charge >= 0.3 is 6.09 Å². The number of hydrogen-bond acceptors (Lipinski definition) is 12. The highest BCUT2D eigenvalue weighted by molar-refractivity contribution is 5.81. The van der Waals surface area contributed by atoms with Crippen LogP contribution in [0.5, 0.6) is 0 Å². The maximum Gasteiger partial charge on any atom is 0.407 e. The zero-order valence-corrected chi connectivity index (χ0v) is 26.1. The van der Waals surface area contributed by atoms with E-state index in [0.29, 0.717) is 55.1 Å². The number of aromatic nitrogens is 4. The van der Waals surface area contributed by atoms with Crippen molar-refractivity contribution in [1.82, 2.24) is 40.4 Å². The summed E-state index contributed by atoms with van der Waals surface area (Å²) in [6.45, 7) is 8.05. The predicted molar refractivity (Wildman–Crippen MR) is 176 cm³/mol. The number of non-ortho nitro benzene ring substituents is 1. The first kappa shape index (κ1) is 33.1. The van der Waals surface area contributed by atoms with Gasteiger partial charge in [0, 0.05) is 44.9 Å². The average molecular weight is 645 g/mol. The molecule has 248 valence electrons. The maximum absolute atomic E-state index is 12.3. The molecule has 1 amide bonds. The predicted octanol–water partition coefficient (Wildman–Crippen LogP) is 3.46. The van der Waals surface area contributed by atoms with E-state index in [9.17, 15) is 14.9 Å². The van der Waals surface area contributed by atoms with Crippen LogP contribution in [0.3, 0.4) is 0 Å². The first-order valence-corrected chi connectivity index (χ1v) is 15.5. The Morgan fingerprint density at radius 3 is 2.64 bits per heavy atom. The smallest absolute Gasteiger partial charge is 0.407 e. The van der Waals surface area contributed by atoms with E-state index in [1.54, 1.807) is 18.5 Å². The summed E-state index contributed by atoms with van der Waals surface area (Å²) in [5.41, 5.74) is 9.00. The molecule has 5 N–H and O–H groups in total. The van der Waals surface area contributed by atoms with Gasteiger partial charge < -0.3 is 31.2 Å². The van der Waals surface area contributed by atoms with Crippen molar-refractivity contribution in [3.63, 3.8) is 0 Å². The number of carbonyl (C=O) groups is 1. The van der Waals surface area contributed by atoms with E-state index >= 15 is 0 Å². The van der Waals surface area contributed by atoms with Crippen LogP contribution in [0.2, 0.25) is 0 Å². The van der Waals surface area contributed by atoms with E-state index in [-0.39, 0.29) is 24.6 Å². The number of imidazole rings is 1. The van der Waals surface area contributed by atoms with Crippen molar-refractivity contribution in [2.24, 2.45) is 0 Å². The van der Waals surface area contributed by atoms with Crippen LogP contribution < -0.4 is 21.7 Å². The molecule has 47 heavy (non-hydrogen) atoms. The number of nitrogens with zero attached hydrogens (tertiary/aromatic N) is 6. The van der Waals surface area contributed by atoms with Gasteiger partial charge in [-0.05, 0) is 49.1 Å². The number of alkyl carbamates (subject to hydrolysis) is 1. The molecule has 2 aromatic carbocycles. The van der Waals surface area contributed by atoms with E-state index < -0.39 is 11.0 Å². The molecule has 0 bridgehead atoms. The van der Waals surface area contributed by atoms with Gasteiger partial charge in [-0.1, -0.05) is 36.9 Å². The second-order valence-electron chi connectivity index (χ2n) is 11.2. The monoisotopic (exact) mass is 644 g/mol. The van der Waals surface area contributed by atoms with Gasteiger partial charge in [0.1, 0.15) is 24.7 Å². The van der Waals surface area contributed by atoms with Crippen LogP contribution in [-0.2, 0) is 22.6 Å². The molecule has 0 aliphatic carbocycles. The first-order valence-electron chi connectivity index (χ1n) is 15.5. The molecule has 3 heterocycles. The number of nitrogens with one attached hydrogen (secondary N) is 3. The fraction of sp³-hybridized carbons (Fsp3) is 0.375. The van der Waals surface area contributed by atoms with E-state index in [2.05, 4.69) is 54.5 Å². The van der Waals surface area contributed by atoms with Crippen LogP contribution in [-0.4, -0.2) is 74.3 Å². The number of nitro groups is 1. The fourth-order valence-electron chi connectivity index (χ4n) is 5.33. The van der Waals surface area contributed by atoms with Crippen LogP contribution in [0.15, 0.2) is 79.7 Å².